The van der Waals surface area contributed by atoms with Gasteiger partial charge in [0.1, 0.15) is 0 Å². The molecule has 1 unspecified atom stereocenters. The maximum absolute atomic E-state index is 10.8. The Morgan fingerprint density at radius 2 is 2.27 bits per heavy atom. The van der Waals surface area contributed by atoms with Crippen LogP contribution in [0.4, 0.5) is 0 Å². The minimum Gasteiger partial charge on any atom is -0.349 e. The Balaban J connectivity index is 3.88. The summed E-state index contributed by atoms with van der Waals surface area (Å²) in [7, 11) is 0. The summed E-state index contributed by atoms with van der Waals surface area (Å²) in [4.78, 5) is 10.8. The SMILES string of the molecule is C=C(C)C(CC)NC(=O)CN. The van der Waals surface area contributed by atoms with Crippen LogP contribution < -0.4 is 11.1 Å². The molecule has 0 rings (SSSR count). The van der Waals surface area contributed by atoms with Crippen molar-refractivity contribution in [2.24, 2.45) is 5.73 Å². The highest BCUT2D eigenvalue weighted by Crippen LogP contribution is 2.01. The third-order valence-corrected chi connectivity index (χ3v) is 1.52. The minimum atomic E-state index is -0.125. The zero-order chi connectivity index (χ0) is 8.85. The van der Waals surface area contributed by atoms with Crippen LogP contribution >= 0.6 is 0 Å². The van der Waals surface area contributed by atoms with Gasteiger partial charge < -0.3 is 11.1 Å². The predicted octanol–water partition coefficient (Wildman–Crippen LogP) is 0.416. The van der Waals surface area contributed by atoms with E-state index < -0.39 is 0 Å². The smallest absolute Gasteiger partial charge is 0.234 e. The second-order valence-corrected chi connectivity index (χ2v) is 2.58. The zero-order valence-electron chi connectivity index (χ0n) is 7.18. The number of hydrogen-bond donors (Lipinski definition) is 2. The highest BCUT2D eigenvalue weighted by molar-refractivity contribution is 5.78. The molecule has 0 heterocycles. The molecular weight excluding hydrogens is 140 g/mol. The number of nitrogens with two attached hydrogens (primary N) is 1. The number of rotatable bonds is 4. The van der Waals surface area contributed by atoms with Gasteiger partial charge in [0.2, 0.25) is 5.91 Å². The van der Waals surface area contributed by atoms with Crippen LogP contribution in [0.1, 0.15) is 20.3 Å². The van der Waals surface area contributed by atoms with Crippen molar-refractivity contribution in [3.8, 4) is 0 Å². The van der Waals surface area contributed by atoms with Gasteiger partial charge in [-0.05, 0) is 13.3 Å². The first-order valence-electron chi connectivity index (χ1n) is 3.76. The average molecular weight is 156 g/mol. The van der Waals surface area contributed by atoms with Crippen molar-refractivity contribution in [1.82, 2.24) is 5.32 Å². The highest BCUT2D eigenvalue weighted by atomic mass is 16.1. The first kappa shape index (κ1) is 10.2. The third-order valence-electron chi connectivity index (χ3n) is 1.52. The Morgan fingerprint density at radius 3 is 2.55 bits per heavy atom. The molecule has 0 aromatic heterocycles. The number of carbonyl (C=O) groups is 1. The summed E-state index contributed by atoms with van der Waals surface area (Å²) in [6.07, 6.45) is 0.862. The molecule has 0 spiro atoms. The van der Waals surface area contributed by atoms with Gasteiger partial charge in [-0.25, -0.2) is 0 Å². The van der Waals surface area contributed by atoms with Gasteiger partial charge in [0, 0.05) is 6.04 Å². The van der Waals surface area contributed by atoms with Gasteiger partial charge in [-0.15, -0.1) is 0 Å². The fraction of sp³-hybridized carbons (Fsp3) is 0.625. The van der Waals surface area contributed by atoms with Crippen LogP contribution in [0.5, 0.6) is 0 Å². The van der Waals surface area contributed by atoms with Crippen molar-refractivity contribution in [2.75, 3.05) is 6.54 Å². The van der Waals surface area contributed by atoms with E-state index >= 15 is 0 Å². The molecule has 0 saturated carbocycles. The van der Waals surface area contributed by atoms with Crippen LogP contribution in [0.25, 0.3) is 0 Å². The summed E-state index contributed by atoms with van der Waals surface area (Å²) < 4.78 is 0. The first-order valence-corrected chi connectivity index (χ1v) is 3.76. The molecule has 0 saturated heterocycles. The lowest BCUT2D eigenvalue weighted by atomic mass is 10.1. The maximum Gasteiger partial charge on any atom is 0.234 e. The van der Waals surface area contributed by atoms with Crippen molar-refractivity contribution in [1.29, 1.82) is 0 Å². The van der Waals surface area contributed by atoms with Gasteiger partial charge >= 0.3 is 0 Å². The molecule has 1 atom stereocenters. The van der Waals surface area contributed by atoms with E-state index in [2.05, 4.69) is 11.9 Å². The van der Waals surface area contributed by atoms with E-state index in [1.165, 1.54) is 0 Å². The Hall–Kier alpha value is -0.830. The molecule has 64 valence electrons. The van der Waals surface area contributed by atoms with Gasteiger partial charge in [-0.2, -0.15) is 0 Å². The molecule has 0 aliphatic rings. The van der Waals surface area contributed by atoms with Crippen molar-refractivity contribution in [2.45, 2.75) is 26.3 Å². The quantitative estimate of drug-likeness (QED) is 0.579. The van der Waals surface area contributed by atoms with Crippen molar-refractivity contribution in [3.05, 3.63) is 12.2 Å². The van der Waals surface area contributed by atoms with Crippen LogP contribution in [0.3, 0.4) is 0 Å². The molecule has 0 radical (unpaired) electrons. The Kier molecular flexibility index (Phi) is 4.54. The predicted molar refractivity (Wildman–Crippen MR) is 46.1 cm³/mol. The third kappa shape index (κ3) is 3.78. The second kappa shape index (κ2) is 4.91. The summed E-state index contributed by atoms with van der Waals surface area (Å²) in [5, 5.41) is 2.75. The first-order chi connectivity index (χ1) is 5.11. The van der Waals surface area contributed by atoms with Gasteiger partial charge in [0.05, 0.1) is 6.54 Å². The van der Waals surface area contributed by atoms with Gasteiger partial charge in [0.25, 0.3) is 0 Å². The van der Waals surface area contributed by atoms with Crippen molar-refractivity contribution in [3.63, 3.8) is 0 Å². The van der Waals surface area contributed by atoms with Crippen LogP contribution in [0, 0.1) is 0 Å². The molecule has 1 amide bonds. The molecule has 0 aromatic carbocycles. The maximum atomic E-state index is 10.8. The van der Waals surface area contributed by atoms with E-state index in [0.717, 1.165) is 12.0 Å². The lowest BCUT2D eigenvalue weighted by Crippen LogP contribution is -2.38. The summed E-state index contributed by atoms with van der Waals surface area (Å²) in [5.74, 6) is -0.125. The standard InChI is InChI=1S/C8H16N2O/c1-4-7(6(2)3)10-8(11)5-9/h7H,2,4-5,9H2,1,3H3,(H,10,11). The Morgan fingerprint density at radius 1 is 1.73 bits per heavy atom. The number of hydrogen-bond acceptors (Lipinski definition) is 2. The lowest BCUT2D eigenvalue weighted by Gasteiger charge is -2.15. The monoisotopic (exact) mass is 156 g/mol. The largest absolute Gasteiger partial charge is 0.349 e. The molecule has 0 aliphatic carbocycles. The molecular formula is C8H16N2O. The van der Waals surface area contributed by atoms with Gasteiger partial charge in [-0.3, -0.25) is 4.79 Å². The summed E-state index contributed by atoms with van der Waals surface area (Å²) in [6.45, 7) is 7.69. The fourth-order valence-corrected chi connectivity index (χ4v) is 0.827. The molecule has 3 N–H and O–H groups in total. The van der Waals surface area contributed by atoms with E-state index in [4.69, 9.17) is 5.73 Å². The topological polar surface area (TPSA) is 55.1 Å². The normalized spacial score (nSPS) is 12.3. The Labute approximate surface area is 67.7 Å². The number of nitrogens with one attached hydrogen (secondary N) is 1. The average Bonchev–Trinajstić information content (AvgIpc) is 1.99. The van der Waals surface area contributed by atoms with E-state index in [9.17, 15) is 4.79 Å². The number of carbonyl (C=O) groups excluding carboxylic acids is 1. The lowest BCUT2D eigenvalue weighted by molar-refractivity contribution is -0.120. The minimum absolute atomic E-state index is 0.0454. The van der Waals surface area contributed by atoms with Gasteiger partial charge in [-0.1, -0.05) is 19.1 Å². The van der Waals surface area contributed by atoms with Crippen LogP contribution in [-0.2, 0) is 4.79 Å². The van der Waals surface area contributed by atoms with Crippen LogP contribution in [0.15, 0.2) is 12.2 Å². The zero-order valence-corrected chi connectivity index (χ0v) is 7.18. The van der Waals surface area contributed by atoms with E-state index in [-0.39, 0.29) is 18.5 Å². The Bertz CT molecular complexity index is 154. The summed E-state index contributed by atoms with van der Waals surface area (Å²) in [5.41, 5.74) is 6.10. The molecule has 3 nitrogen and oxygen atoms in total. The van der Waals surface area contributed by atoms with E-state index in [1.54, 1.807) is 0 Å². The highest BCUT2D eigenvalue weighted by Gasteiger charge is 2.08. The van der Waals surface area contributed by atoms with Crippen molar-refractivity contribution < 1.29 is 4.79 Å². The molecule has 0 aliphatic heterocycles. The van der Waals surface area contributed by atoms with Crippen molar-refractivity contribution >= 4 is 5.91 Å². The van der Waals surface area contributed by atoms with Gasteiger partial charge in [0.15, 0.2) is 0 Å². The van der Waals surface area contributed by atoms with Crippen LogP contribution in [-0.4, -0.2) is 18.5 Å². The molecule has 0 aromatic rings. The molecule has 3 heteroatoms. The molecule has 0 fully saturated rings. The van der Waals surface area contributed by atoms with E-state index in [1.807, 2.05) is 13.8 Å². The number of amides is 1. The summed E-state index contributed by atoms with van der Waals surface area (Å²) in [6, 6.07) is 0.0750. The fourth-order valence-electron chi connectivity index (χ4n) is 0.827. The van der Waals surface area contributed by atoms with Crippen LogP contribution in [0.2, 0.25) is 0 Å². The molecule has 11 heavy (non-hydrogen) atoms. The summed E-state index contributed by atoms with van der Waals surface area (Å²) >= 11 is 0. The van der Waals surface area contributed by atoms with E-state index in [0.29, 0.717) is 0 Å². The molecule has 0 bridgehead atoms. The second-order valence-electron chi connectivity index (χ2n) is 2.58.